The normalized spacial score (nSPS) is 24.1. The first kappa shape index (κ1) is 31.9. The fourth-order valence-corrected chi connectivity index (χ4v) is 6.12. The largest absolute Gasteiger partial charge is 0.575 e. The predicted molar refractivity (Wildman–Crippen MR) is 156 cm³/mol. The molecule has 3 aromatic rings. The summed E-state index contributed by atoms with van der Waals surface area (Å²) in [6.07, 6.45) is -1.77. The second-order valence-electron chi connectivity index (χ2n) is 10.5. The van der Waals surface area contributed by atoms with Gasteiger partial charge in [0, 0.05) is 11.1 Å². The van der Waals surface area contributed by atoms with Crippen LogP contribution >= 0.6 is 8.17 Å². The monoisotopic (exact) mass is 639 g/mol. The fraction of sp³-hybridized carbons (Fsp3) is 0.393. The van der Waals surface area contributed by atoms with Crippen LogP contribution in [0.4, 0.5) is 5.82 Å². The Labute approximate surface area is 257 Å². The number of nitrogen functional groups attached to an aromatic ring is 1. The highest BCUT2D eigenvalue weighted by Crippen LogP contribution is 2.42. The number of rotatable bonds is 11. The van der Waals surface area contributed by atoms with E-state index in [0.29, 0.717) is 25.7 Å². The summed E-state index contributed by atoms with van der Waals surface area (Å²) in [5.74, 6) is -0.699. The van der Waals surface area contributed by atoms with Gasteiger partial charge in [-0.05, 0) is 42.1 Å². The zero-order chi connectivity index (χ0) is 32.0. The standard InChI is InChI=1S/C28H30N7O9P/c29-21-12-15-35(26(39)31-21)24-22(36)23(37)28(43-24,32-34-30)17-42-19-10-4-5-11-20(19)44-45(40)33-27(13-6-7-14-27)25(38)41-16-18-8-2-1-3-9-18/h1-5,8-12,15,22-24,36-37H,6-7,13-14,16-17H2,(H2,29,31,39)/t22-,23+,24-,28-/m1/s1. The number of aliphatic hydroxyl groups is 2. The minimum atomic E-state index is -2.79. The average Bonchev–Trinajstić information content (AvgIpc) is 3.60. The van der Waals surface area contributed by atoms with Crippen LogP contribution in [-0.2, 0) is 20.9 Å². The van der Waals surface area contributed by atoms with Gasteiger partial charge in [0.2, 0.25) is 17.0 Å². The summed E-state index contributed by atoms with van der Waals surface area (Å²) in [4.78, 5) is 44.9. The zero-order valence-corrected chi connectivity index (χ0v) is 24.7. The van der Waals surface area contributed by atoms with Crippen molar-refractivity contribution in [3.05, 3.63) is 93.4 Å². The fourth-order valence-electron chi connectivity index (χ4n) is 5.17. The number of nitrogens with zero attached hydrogens (tertiary/aromatic N) is 6. The molecule has 0 radical (unpaired) electrons. The summed E-state index contributed by atoms with van der Waals surface area (Å²) < 4.78 is 27.8. The molecule has 2 heterocycles. The molecule has 1 aliphatic heterocycles. The van der Waals surface area contributed by atoms with Gasteiger partial charge in [-0.3, -0.25) is 9.09 Å². The number of ether oxygens (including phenoxy) is 3. The molecular weight excluding hydrogens is 609 g/mol. The Morgan fingerprint density at radius 2 is 1.84 bits per heavy atom. The molecular formula is C28H30N7O9P. The van der Waals surface area contributed by atoms with E-state index in [-0.39, 0.29) is 23.9 Å². The Hall–Kier alpha value is -4.56. The number of benzene rings is 2. The maximum atomic E-state index is 13.2. The first-order chi connectivity index (χ1) is 21.7. The summed E-state index contributed by atoms with van der Waals surface area (Å²) in [5.41, 5.74) is 11.2. The van der Waals surface area contributed by atoms with E-state index in [0.717, 1.165) is 10.1 Å². The van der Waals surface area contributed by atoms with Crippen molar-refractivity contribution in [3.8, 4) is 11.5 Å². The number of aliphatic hydroxyl groups excluding tert-OH is 2. The molecule has 5 rings (SSSR count). The SMILES string of the molecule is [N-]=[N+]=N[C@]1(COc2ccccc2O[P+]([O-])=NC2(C(=O)OCc3ccccc3)CCCC2)O[C@@H](n2ccc(N)nc2=O)[C@H](O)[C@@H]1O. The van der Waals surface area contributed by atoms with Crippen LogP contribution in [0.5, 0.6) is 11.5 Å². The van der Waals surface area contributed by atoms with Gasteiger partial charge in [0.15, 0.2) is 12.0 Å². The first-order valence-corrected chi connectivity index (χ1v) is 15.1. The van der Waals surface area contributed by atoms with Crippen LogP contribution in [0.3, 0.4) is 0 Å². The molecule has 1 aromatic heterocycles. The molecule has 0 spiro atoms. The number of anilines is 1. The summed E-state index contributed by atoms with van der Waals surface area (Å²) in [7, 11) is -2.79. The molecule has 45 heavy (non-hydrogen) atoms. The van der Waals surface area contributed by atoms with E-state index in [2.05, 4.69) is 19.8 Å². The average molecular weight is 640 g/mol. The van der Waals surface area contributed by atoms with Gasteiger partial charge >= 0.3 is 19.8 Å². The third-order valence-corrected chi connectivity index (χ3v) is 8.40. The van der Waals surface area contributed by atoms with Crippen molar-refractivity contribution in [2.75, 3.05) is 12.3 Å². The lowest BCUT2D eigenvalue weighted by molar-refractivity contribution is -0.171. The number of azide groups is 1. The molecule has 2 aromatic carbocycles. The molecule has 0 bridgehead atoms. The lowest BCUT2D eigenvalue weighted by Crippen LogP contribution is -2.46. The summed E-state index contributed by atoms with van der Waals surface area (Å²) in [6.45, 7) is -0.613. The topological polar surface area (TPSA) is 240 Å². The van der Waals surface area contributed by atoms with Gasteiger partial charge in [-0.2, -0.15) is 4.98 Å². The van der Waals surface area contributed by atoms with Crippen molar-refractivity contribution in [3.63, 3.8) is 0 Å². The van der Waals surface area contributed by atoms with Gasteiger partial charge in [0.05, 0.1) is 0 Å². The molecule has 4 N–H and O–H groups in total. The summed E-state index contributed by atoms with van der Waals surface area (Å²) >= 11 is 0. The van der Waals surface area contributed by atoms with E-state index >= 15 is 0 Å². The Balaban J connectivity index is 1.32. The minimum Gasteiger partial charge on any atom is -0.575 e. The predicted octanol–water partition coefficient (Wildman–Crippen LogP) is 2.45. The van der Waals surface area contributed by atoms with Gasteiger partial charge in [-0.25, -0.2) is 9.59 Å². The van der Waals surface area contributed by atoms with Crippen LogP contribution in [-0.4, -0.2) is 55.8 Å². The molecule has 236 valence electrons. The van der Waals surface area contributed by atoms with Gasteiger partial charge in [-0.1, -0.05) is 65.2 Å². The second-order valence-corrected chi connectivity index (χ2v) is 11.3. The van der Waals surface area contributed by atoms with Gasteiger partial charge in [0.25, 0.3) is 0 Å². The molecule has 1 saturated heterocycles. The molecule has 0 amide bonds. The number of carbonyl (C=O) groups excluding carboxylic acids is 1. The van der Waals surface area contributed by atoms with Crippen LogP contribution in [0.25, 0.3) is 10.4 Å². The second kappa shape index (κ2) is 13.6. The summed E-state index contributed by atoms with van der Waals surface area (Å²) in [5, 5.41) is 25.1. The molecule has 16 nitrogen and oxygen atoms in total. The minimum absolute atomic E-state index is 0.00394. The van der Waals surface area contributed by atoms with Crippen LogP contribution in [0.15, 0.2) is 81.5 Å². The van der Waals surface area contributed by atoms with Crippen molar-refractivity contribution < 1.29 is 38.6 Å². The zero-order valence-electron chi connectivity index (χ0n) is 23.8. The van der Waals surface area contributed by atoms with Crippen molar-refractivity contribution >= 4 is 20.0 Å². The van der Waals surface area contributed by atoms with Crippen molar-refractivity contribution in [2.45, 2.75) is 62.0 Å². The number of aromatic nitrogens is 2. The van der Waals surface area contributed by atoms with Gasteiger partial charge in [0.1, 0.15) is 31.2 Å². The third kappa shape index (κ3) is 6.91. The van der Waals surface area contributed by atoms with Crippen LogP contribution < -0.4 is 25.6 Å². The number of hydrogen-bond acceptors (Lipinski definition) is 13. The smallest absolute Gasteiger partial charge is 0.395 e. The Bertz CT molecular complexity index is 1660. The molecule has 1 saturated carbocycles. The molecule has 5 atom stereocenters. The molecule has 1 unspecified atom stereocenters. The van der Waals surface area contributed by atoms with Crippen molar-refractivity contribution in [1.29, 1.82) is 0 Å². The molecule has 1 aliphatic carbocycles. The van der Waals surface area contributed by atoms with E-state index < -0.39 is 56.1 Å². The van der Waals surface area contributed by atoms with E-state index in [1.807, 2.05) is 30.3 Å². The van der Waals surface area contributed by atoms with Crippen LogP contribution in [0.2, 0.25) is 0 Å². The first-order valence-electron chi connectivity index (χ1n) is 13.9. The Morgan fingerprint density at radius 1 is 1.16 bits per heavy atom. The summed E-state index contributed by atoms with van der Waals surface area (Å²) in [6, 6.07) is 16.5. The highest BCUT2D eigenvalue weighted by atomic mass is 31.1. The Kier molecular flexibility index (Phi) is 9.63. The van der Waals surface area contributed by atoms with E-state index in [1.165, 1.54) is 24.4 Å². The molecule has 2 aliphatic rings. The molecule has 2 fully saturated rings. The lowest BCUT2D eigenvalue weighted by Gasteiger charge is -2.26. The third-order valence-electron chi connectivity index (χ3n) is 7.50. The maximum absolute atomic E-state index is 13.2. The number of carbonyl (C=O) groups is 1. The number of nitrogens with two attached hydrogens (primary N) is 1. The molecule has 17 heteroatoms. The Morgan fingerprint density at radius 3 is 2.53 bits per heavy atom. The van der Waals surface area contributed by atoms with Gasteiger partial charge in [-0.15, -0.1) is 0 Å². The lowest BCUT2D eigenvalue weighted by atomic mass is 10.00. The van der Waals surface area contributed by atoms with Gasteiger partial charge < -0.3 is 35.1 Å². The van der Waals surface area contributed by atoms with Crippen LogP contribution in [0.1, 0.15) is 37.5 Å². The maximum Gasteiger partial charge on any atom is 0.395 e. The van der Waals surface area contributed by atoms with E-state index in [1.54, 1.807) is 12.1 Å². The van der Waals surface area contributed by atoms with E-state index in [4.69, 9.17) is 24.5 Å². The van der Waals surface area contributed by atoms with Crippen molar-refractivity contribution in [2.24, 2.45) is 9.86 Å². The van der Waals surface area contributed by atoms with E-state index in [9.17, 15) is 30.2 Å². The highest BCUT2D eigenvalue weighted by molar-refractivity contribution is 7.34. The quantitative estimate of drug-likeness (QED) is 0.0905. The number of esters is 1. The van der Waals surface area contributed by atoms with Crippen LogP contribution in [0, 0.1) is 0 Å². The number of para-hydroxylation sites is 2. The van der Waals surface area contributed by atoms with Crippen molar-refractivity contribution in [1.82, 2.24) is 9.55 Å². The number of hydrogen-bond donors (Lipinski definition) is 3. The highest BCUT2D eigenvalue weighted by Gasteiger charge is 2.56.